The Morgan fingerprint density at radius 3 is 2.81 bits per heavy atom. The molecule has 0 unspecified atom stereocenters. The lowest BCUT2D eigenvalue weighted by molar-refractivity contribution is 0.984. The van der Waals surface area contributed by atoms with E-state index in [-0.39, 0.29) is 16.4 Å². The molecule has 0 fully saturated rings. The second-order valence-corrected chi connectivity index (χ2v) is 5.73. The Morgan fingerprint density at radius 1 is 1.33 bits per heavy atom. The van der Waals surface area contributed by atoms with Crippen LogP contribution in [0.15, 0.2) is 44.5 Å². The highest BCUT2D eigenvalue weighted by Gasteiger charge is 2.14. The van der Waals surface area contributed by atoms with E-state index in [9.17, 15) is 9.59 Å². The van der Waals surface area contributed by atoms with E-state index in [1.54, 1.807) is 24.3 Å². The van der Waals surface area contributed by atoms with Crippen LogP contribution in [0.25, 0.3) is 16.7 Å². The Labute approximate surface area is 132 Å². The van der Waals surface area contributed by atoms with Gasteiger partial charge < -0.3 is 4.98 Å². The Hall–Kier alpha value is -1.92. The van der Waals surface area contributed by atoms with E-state index < -0.39 is 5.56 Å². The zero-order valence-electron chi connectivity index (χ0n) is 10.9. The van der Waals surface area contributed by atoms with Crippen molar-refractivity contribution in [3.05, 3.63) is 66.4 Å². The highest BCUT2D eigenvalue weighted by molar-refractivity contribution is 9.10. The molecule has 3 rings (SSSR count). The summed E-state index contributed by atoms with van der Waals surface area (Å²) >= 11 is 9.34. The fourth-order valence-electron chi connectivity index (χ4n) is 2.11. The molecule has 0 aliphatic carbocycles. The Kier molecular flexibility index (Phi) is 3.43. The molecular formula is C14H9BrClN3O2. The molecule has 1 aromatic carbocycles. The zero-order chi connectivity index (χ0) is 15.1. The van der Waals surface area contributed by atoms with Crippen molar-refractivity contribution in [2.24, 2.45) is 0 Å². The third-order valence-electron chi connectivity index (χ3n) is 3.13. The monoisotopic (exact) mass is 365 g/mol. The number of halogens is 2. The fraction of sp³-hybridized carbons (Fsp3) is 0.0714. The predicted molar refractivity (Wildman–Crippen MR) is 85.4 cm³/mol. The number of pyridine rings is 1. The summed E-state index contributed by atoms with van der Waals surface area (Å²) in [5.41, 5.74) is 1.31. The summed E-state index contributed by atoms with van der Waals surface area (Å²) in [7, 11) is 0. The summed E-state index contributed by atoms with van der Waals surface area (Å²) in [4.78, 5) is 31.0. The van der Waals surface area contributed by atoms with Gasteiger partial charge in [0.1, 0.15) is 5.69 Å². The molecule has 0 bridgehead atoms. The predicted octanol–water partition coefficient (Wildman–Crippen LogP) is 2.80. The molecule has 3 aromatic rings. The summed E-state index contributed by atoms with van der Waals surface area (Å²) in [6.45, 7) is 1.91. The number of hydrogen-bond donors (Lipinski definition) is 1. The van der Waals surface area contributed by atoms with Crippen molar-refractivity contribution in [1.82, 2.24) is 14.5 Å². The van der Waals surface area contributed by atoms with Crippen LogP contribution in [0.3, 0.4) is 0 Å². The molecule has 5 nitrogen and oxygen atoms in total. The van der Waals surface area contributed by atoms with Gasteiger partial charge in [0.2, 0.25) is 0 Å². The summed E-state index contributed by atoms with van der Waals surface area (Å²) in [6, 6.07) is 6.76. The number of nitrogens with zero attached hydrogens (tertiary/aromatic N) is 2. The Morgan fingerprint density at radius 2 is 2.10 bits per heavy atom. The van der Waals surface area contributed by atoms with Crippen LogP contribution in [0.1, 0.15) is 5.56 Å². The molecule has 0 atom stereocenters. The highest BCUT2D eigenvalue weighted by atomic mass is 79.9. The van der Waals surface area contributed by atoms with E-state index >= 15 is 0 Å². The van der Waals surface area contributed by atoms with E-state index in [1.165, 1.54) is 10.8 Å². The van der Waals surface area contributed by atoms with E-state index in [2.05, 4.69) is 25.9 Å². The minimum atomic E-state index is -0.531. The van der Waals surface area contributed by atoms with Gasteiger partial charge in [0, 0.05) is 10.7 Å². The lowest BCUT2D eigenvalue weighted by atomic mass is 10.2. The third-order valence-corrected chi connectivity index (χ3v) is 4.23. The first kappa shape index (κ1) is 14.0. The molecule has 2 heterocycles. The van der Waals surface area contributed by atoms with Gasteiger partial charge in [-0.3, -0.25) is 14.2 Å². The number of benzene rings is 1. The lowest BCUT2D eigenvalue weighted by Gasteiger charge is -2.11. The summed E-state index contributed by atoms with van der Waals surface area (Å²) in [5, 5.41) is -0.174. The summed E-state index contributed by atoms with van der Waals surface area (Å²) < 4.78 is 2.09. The van der Waals surface area contributed by atoms with Gasteiger partial charge in [-0.1, -0.05) is 27.5 Å². The van der Waals surface area contributed by atoms with Crippen molar-refractivity contribution in [2.45, 2.75) is 6.92 Å². The largest absolute Gasteiger partial charge is 0.327 e. The van der Waals surface area contributed by atoms with E-state index in [0.717, 1.165) is 10.0 Å². The smallest absolute Gasteiger partial charge is 0.293 e. The molecule has 21 heavy (non-hydrogen) atoms. The number of aromatic amines is 1. The van der Waals surface area contributed by atoms with Crippen molar-refractivity contribution >= 4 is 38.6 Å². The molecular weight excluding hydrogens is 358 g/mol. The van der Waals surface area contributed by atoms with Crippen LogP contribution >= 0.6 is 27.5 Å². The van der Waals surface area contributed by atoms with E-state index in [1.807, 2.05) is 6.92 Å². The van der Waals surface area contributed by atoms with Crippen LogP contribution in [-0.4, -0.2) is 14.5 Å². The first-order valence-corrected chi connectivity index (χ1v) is 7.22. The molecule has 0 aliphatic heterocycles. The lowest BCUT2D eigenvalue weighted by Crippen LogP contribution is -2.26. The first-order valence-electron chi connectivity index (χ1n) is 6.05. The van der Waals surface area contributed by atoms with Crippen LogP contribution in [0.5, 0.6) is 0 Å². The molecule has 0 aliphatic rings. The van der Waals surface area contributed by atoms with Crippen molar-refractivity contribution in [3.63, 3.8) is 0 Å². The maximum Gasteiger partial charge on any atom is 0.293 e. The average Bonchev–Trinajstić information content (AvgIpc) is 2.44. The molecule has 7 heteroatoms. The van der Waals surface area contributed by atoms with Crippen LogP contribution in [0.4, 0.5) is 0 Å². The summed E-state index contributed by atoms with van der Waals surface area (Å²) in [5.74, 6) is 0. The van der Waals surface area contributed by atoms with Gasteiger partial charge in [0.25, 0.3) is 11.1 Å². The second-order valence-electron chi connectivity index (χ2n) is 4.52. The quantitative estimate of drug-likeness (QED) is 0.720. The molecule has 106 valence electrons. The first-order chi connectivity index (χ1) is 9.99. The van der Waals surface area contributed by atoms with Gasteiger partial charge in [-0.15, -0.1) is 0 Å². The van der Waals surface area contributed by atoms with Crippen LogP contribution in [0.2, 0.25) is 5.15 Å². The molecule has 2 aromatic heterocycles. The van der Waals surface area contributed by atoms with Gasteiger partial charge >= 0.3 is 0 Å². The minimum absolute atomic E-state index is 0.174. The molecule has 0 saturated carbocycles. The number of nitrogens with one attached hydrogen (secondary N) is 1. The second kappa shape index (κ2) is 5.13. The topological polar surface area (TPSA) is 67.8 Å². The van der Waals surface area contributed by atoms with Gasteiger partial charge in [-0.05, 0) is 36.8 Å². The van der Waals surface area contributed by atoms with E-state index in [4.69, 9.17) is 11.6 Å². The number of aromatic nitrogens is 3. The number of fused-ring (bicyclic) bond motifs is 1. The van der Waals surface area contributed by atoms with Crippen LogP contribution in [0, 0.1) is 6.92 Å². The number of H-pyrrole nitrogens is 1. The van der Waals surface area contributed by atoms with Gasteiger partial charge in [-0.2, -0.15) is 0 Å². The van der Waals surface area contributed by atoms with Gasteiger partial charge in [-0.25, -0.2) is 4.98 Å². The standard InChI is InChI=1S/C14H9BrClN3O2/c1-7-5-9-11(6-8(7)15)19(14(21)12(16)18-9)10-3-2-4-17-13(10)20/h2-6H,1H3,(H,17,20). The molecule has 0 saturated heterocycles. The Bertz CT molecular complexity index is 978. The normalized spacial score (nSPS) is 11.0. The van der Waals surface area contributed by atoms with E-state index in [0.29, 0.717) is 11.0 Å². The molecule has 0 spiro atoms. The average molecular weight is 367 g/mol. The number of rotatable bonds is 1. The zero-order valence-corrected chi connectivity index (χ0v) is 13.2. The maximum atomic E-state index is 12.3. The third kappa shape index (κ3) is 2.30. The van der Waals surface area contributed by atoms with Gasteiger partial charge in [0.15, 0.2) is 5.15 Å². The molecule has 0 amide bonds. The van der Waals surface area contributed by atoms with Crippen molar-refractivity contribution < 1.29 is 0 Å². The van der Waals surface area contributed by atoms with Crippen molar-refractivity contribution in [3.8, 4) is 5.69 Å². The SMILES string of the molecule is Cc1cc2nc(Cl)c(=O)n(-c3ccc[nH]c3=O)c2cc1Br. The number of hydrogen-bond acceptors (Lipinski definition) is 3. The molecule has 1 N–H and O–H groups in total. The van der Waals surface area contributed by atoms with Crippen LogP contribution in [-0.2, 0) is 0 Å². The Balaban J connectivity index is 2.55. The molecule has 0 radical (unpaired) electrons. The van der Waals surface area contributed by atoms with Crippen molar-refractivity contribution in [2.75, 3.05) is 0 Å². The fourth-order valence-corrected chi connectivity index (χ4v) is 2.61. The number of aryl methyl sites for hydroxylation is 1. The van der Waals surface area contributed by atoms with Crippen molar-refractivity contribution in [1.29, 1.82) is 0 Å². The highest BCUT2D eigenvalue weighted by Crippen LogP contribution is 2.23. The summed E-state index contributed by atoms with van der Waals surface area (Å²) in [6.07, 6.45) is 1.50. The van der Waals surface area contributed by atoms with Crippen LogP contribution < -0.4 is 11.1 Å². The minimum Gasteiger partial charge on any atom is -0.327 e. The van der Waals surface area contributed by atoms with Gasteiger partial charge in [0.05, 0.1) is 11.0 Å². The maximum absolute atomic E-state index is 12.3.